The number of hydrogen-bond acceptors (Lipinski definition) is 3. The van der Waals surface area contributed by atoms with Crippen molar-refractivity contribution in [3.05, 3.63) is 35.4 Å². The van der Waals surface area contributed by atoms with E-state index < -0.39 is 9.84 Å². The molecule has 1 N–H and O–H groups in total. The lowest BCUT2D eigenvalue weighted by molar-refractivity contribution is 0.428. The second-order valence-electron chi connectivity index (χ2n) is 5.65. The van der Waals surface area contributed by atoms with Crippen LogP contribution < -0.4 is 5.32 Å². The minimum Gasteiger partial charge on any atom is -0.310 e. The number of nitrogens with one attached hydrogen (secondary N) is 1. The van der Waals surface area contributed by atoms with Crippen LogP contribution >= 0.6 is 0 Å². The third-order valence-electron chi connectivity index (χ3n) is 3.77. The third kappa shape index (κ3) is 4.32. The van der Waals surface area contributed by atoms with E-state index in [1.807, 2.05) is 6.07 Å². The molecule has 19 heavy (non-hydrogen) atoms. The summed E-state index contributed by atoms with van der Waals surface area (Å²) < 4.78 is 23.2. The molecule has 1 aromatic carbocycles. The van der Waals surface area contributed by atoms with E-state index in [4.69, 9.17) is 0 Å². The van der Waals surface area contributed by atoms with Gasteiger partial charge in [0.1, 0.15) is 0 Å². The molecule has 3 nitrogen and oxygen atoms in total. The van der Waals surface area contributed by atoms with Gasteiger partial charge in [-0.1, -0.05) is 24.3 Å². The van der Waals surface area contributed by atoms with Gasteiger partial charge in [0.15, 0.2) is 9.84 Å². The average molecular weight is 281 g/mol. The normalized spacial score (nSPS) is 24.0. The van der Waals surface area contributed by atoms with Gasteiger partial charge in [-0.25, -0.2) is 8.42 Å². The number of sulfone groups is 1. The molecule has 1 saturated heterocycles. The summed E-state index contributed by atoms with van der Waals surface area (Å²) in [5, 5.41) is 3.47. The predicted molar refractivity (Wildman–Crippen MR) is 79.2 cm³/mol. The van der Waals surface area contributed by atoms with E-state index in [9.17, 15) is 8.42 Å². The number of hydrogen-bond donors (Lipinski definition) is 1. The van der Waals surface area contributed by atoms with Crippen molar-refractivity contribution in [1.82, 2.24) is 5.32 Å². The summed E-state index contributed by atoms with van der Waals surface area (Å²) in [6, 6.07) is 8.79. The molecule has 0 spiro atoms. The van der Waals surface area contributed by atoms with E-state index in [2.05, 4.69) is 37.4 Å². The molecule has 1 aliphatic rings. The quantitative estimate of drug-likeness (QED) is 0.919. The topological polar surface area (TPSA) is 46.2 Å². The molecule has 1 fully saturated rings. The summed E-state index contributed by atoms with van der Waals surface area (Å²) in [5.41, 5.74) is 2.63. The maximum atomic E-state index is 11.6. The van der Waals surface area contributed by atoms with Crippen molar-refractivity contribution in [2.24, 2.45) is 0 Å². The minimum atomic E-state index is -2.82. The van der Waals surface area contributed by atoms with E-state index >= 15 is 0 Å². The second kappa shape index (κ2) is 6.06. The largest absolute Gasteiger partial charge is 0.310 e. The summed E-state index contributed by atoms with van der Waals surface area (Å²) in [6.07, 6.45) is 2.71. The Labute approximate surface area is 116 Å². The highest BCUT2D eigenvalue weighted by molar-refractivity contribution is 7.91. The maximum Gasteiger partial charge on any atom is 0.151 e. The Kier molecular flexibility index (Phi) is 4.63. The first-order chi connectivity index (χ1) is 8.96. The Morgan fingerprint density at radius 2 is 2.11 bits per heavy atom. The lowest BCUT2D eigenvalue weighted by Gasteiger charge is -2.27. The maximum absolute atomic E-state index is 11.6. The van der Waals surface area contributed by atoms with E-state index in [1.165, 1.54) is 11.1 Å². The lowest BCUT2D eigenvalue weighted by atomic mass is 10.0. The molecule has 2 unspecified atom stereocenters. The van der Waals surface area contributed by atoms with Crippen molar-refractivity contribution in [2.75, 3.05) is 11.5 Å². The number of benzene rings is 1. The molecule has 1 aromatic rings. The zero-order valence-electron chi connectivity index (χ0n) is 11.7. The first kappa shape index (κ1) is 14.5. The monoisotopic (exact) mass is 281 g/mol. The van der Waals surface area contributed by atoms with Crippen LogP contribution in [0.15, 0.2) is 24.3 Å². The van der Waals surface area contributed by atoms with E-state index in [-0.39, 0.29) is 6.04 Å². The van der Waals surface area contributed by atoms with Gasteiger partial charge in [0.05, 0.1) is 11.5 Å². The Bertz CT molecular complexity index is 525. The summed E-state index contributed by atoms with van der Waals surface area (Å²) in [4.78, 5) is 0. The van der Waals surface area contributed by atoms with Gasteiger partial charge in [-0.3, -0.25) is 0 Å². The molecular weight excluding hydrogens is 258 g/mol. The molecule has 1 heterocycles. The van der Waals surface area contributed by atoms with Crippen LogP contribution in [-0.4, -0.2) is 32.0 Å². The standard InChI is InChI=1S/C15H23NO2S/c1-12-6-3-4-7-14(12)10-13(2)16-15-8-5-9-19(17,18)11-15/h3-4,6-7,13,15-16H,5,8-11H2,1-2H3. The highest BCUT2D eigenvalue weighted by atomic mass is 32.2. The molecule has 0 aliphatic carbocycles. The predicted octanol–water partition coefficient (Wildman–Crippen LogP) is 2.09. The lowest BCUT2D eigenvalue weighted by Crippen LogP contribution is -2.45. The summed E-state index contributed by atoms with van der Waals surface area (Å²) in [5.74, 6) is 0.655. The minimum absolute atomic E-state index is 0.123. The zero-order chi connectivity index (χ0) is 13.9. The van der Waals surface area contributed by atoms with Crippen molar-refractivity contribution in [3.8, 4) is 0 Å². The van der Waals surface area contributed by atoms with Gasteiger partial charge in [0, 0.05) is 12.1 Å². The smallest absolute Gasteiger partial charge is 0.151 e. The molecule has 4 heteroatoms. The van der Waals surface area contributed by atoms with Crippen LogP contribution in [0, 0.1) is 6.92 Å². The Hall–Kier alpha value is -0.870. The van der Waals surface area contributed by atoms with Crippen molar-refractivity contribution in [3.63, 3.8) is 0 Å². The van der Waals surface area contributed by atoms with Crippen molar-refractivity contribution in [2.45, 2.75) is 45.2 Å². The van der Waals surface area contributed by atoms with Gasteiger partial charge < -0.3 is 5.32 Å². The van der Waals surface area contributed by atoms with E-state index in [1.54, 1.807) is 0 Å². The van der Waals surface area contributed by atoms with Crippen LogP contribution in [0.25, 0.3) is 0 Å². The molecule has 0 aromatic heterocycles. The van der Waals surface area contributed by atoms with Crippen molar-refractivity contribution in [1.29, 1.82) is 0 Å². The van der Waals surface area contributed by atoms with Gasteiger partial charge in [-0.2, -0.15) is 0 Å². The van der Waals surface area contributed by atoms with Gasteiger partial charge in [-0.15, -0.1) is 0 Å². The molecule has 0 bridgehead atoms. The van der Waals surface area contributed by atoms with Gasteiger partial charge in [0.2, 0.25) is 0 Å². The number of aryl methyl sites for hydroxylation is 1. The first-order valence-electron chi connectivity index (χ1n) is 6.97. The number of rotatable bonds is 4. The molecule has 0 amide bonds. The van der Waals surface area contributed by atoms with Crippen molar-refractivity contribution < 1.29 is 8.42 Å². The van der Waals surface area contributed by atoms with Gasteiger partial charge >= 0.3 is 0 Å². The fraction of sp³-hybridized carbons (Fsp3) is 0.600. The summed E-state index contributed by atoms with van der Waals surface area (Å²) in [6.45, 7) is 4.25. The van der Waals surface area contributed by atoms with Gasteiger partial charge in [0.25, 0.3) is 0 Å². The molecule has 0 radical (unpaired) electrons. The van der Waals surface area contributed by atoms with Crippen molar-refractivity contribution >= 4 is 9.84 Å². The highest BCUT2D eigenvalue weighted by Gasteiger charge is 2.25. The van der Waals surface area contributed by atoms with Crippen LogP contribution in [0.4, 0.5) is 0 Å². The first-order valence-corrected chi connectivity index (χ1v) is 8.79. The molecular formula is C15H23NO2S. The van der Waals surface area contributed by atoms with E-state index in [0.717, 1.165) is 19.3 Å². The Morgan fingerprint density at radius 1 is 1.37 bits per heavy atom. The summed E-state index contributed by atoms with van der Waals surface area (Å²) >= 11 is 0. The fourth-order valence-electron chi connectivity index (χ4n) is 2.78. The molecule has 2 rings (SSSR count). The Balaban J connectivity index is 1.91. The molecule has 106 valence electrons. The SMILES string of the molecule is Cc1ccccc1CC(C)NC1CCCS(=O)(=O)C1. The van der Waals surface area contributed by atoms with Crippen LogP contribution in [0.3, 0.4) is 0 Å². The van der Waals surface area contributed by atoms with Crippen LogP contribution in [0.2, 0.25) is 0 Å². The second-order valence-corrected chi connectivity index (χ2v) is 7.88. The Morgan fingerprint density at radius 3 is 2.79 bits per heavy atom. The summed E-state index contributed by atoms with van der Waals surface area (Å²) in [7, 11) is -2.82. The third-order valence-corrected chi connectivity index (χ3v) is 5.59. The van der Waals surface area contributed by atoms with Crippen LogP contribution in [0.5, 0.6) is 0 Å². The van der Waals surface area contributed by atoms with Gasteiger partial charge in [-0.05, 0) is 44.2 Å². The zero-order valence-corrected chi connectivity index (χ0v) is 12.5. The molecule has 0 saturated carbocycles. The highest BCUT2D eigenvalue weighted by Crippen LogP contribution is 2.14. The molecule has 1 aliphatic heterocycles. The van der Waals surface area contributed by atoms with E-state index in [0.29, 0.717) is 17.5 Å². The fourth-order valence-corrected chi connectivity index (χ4v) is 4.43. The average Bonchev–Trinajstić information content (AvgIpc) is 2.30. The van der Waals surface area contributed by atoms with Crippen LogP contribution in [0.1, 0.15) is 30.9 Å². The molecule has 2 atom stereocenters. The van der Waals surface area contributed by atoms with Crippen LogP contribution in [-0.2, 0) is 16.3 Å².